The van der Waals surface area contributed by atoms with Crippen molar-refractivity contribution < 1.29 is 4.74 Å². The minimum Gasteiger partial charge on any atom is -0.490 e. The summed E-state index contributed by atoms with van der Waals surface area (Å²) in [7, 11) is 1.97. The topological polar surface area (TPSA) is 21.3 Å². The van der Waals surface area contributed by atoms with E-state index in [9.17, 15) is 0 Å². The normalized spacial score (nSPS) is 12.5. The summed E-state index contributed by atoms with van der Waals surface area (Å²) >= 11 is 6.17. The van der Waals surface area contributed by atoms with Crippen LogP contribution in [0.4, 0.5) is 0 Å². The molecule has 1 rings (SSSR count). The van der Waals surface area contributed by atoms with Crippen LogP contribution in [0, 0.1) is 13.8 Å². The Morgan fingerprint density at radius 2 is 1.83 bits per heavy atom. The quantitative estimate of drug-likeness (QED) is 0.804. The van der Waals surface area contributed by atoms with E-state index in [0.29, 0.717) is 0 Å². The molecule has 0 amide bonds. The van der Waals surface area contributed by atoms with Crippen molar-refractivity contribution in [2.75, 3.05) is 13.6 Å². The molecule has 0 unspecified atom stereocenters. The predicted octanol–water partition coefficient (Wildman–Crippen LogP) is 4.11. The van der Waals surface area contributed by atoms with E-state index in [1.165, 1.54) is 0 Å². The first-order valence-corrected chi connectivity index (χ1v) is 7.04. The van der Waals surface area contributed by atoms with E-state index in [4.69, 9.17) is 16.3 Å². The lowest BCUT2D eigenvalue weighted by Gasteiger charge is -2.19. The van der Waals surface area contributed by atoms with Crippen molar-refractivity contribution in [3.63, 3.8) is 0 Å². The molecule has 1 aromatic rings. The van der Waals surface area contributed by atoms with Gasteiger partial charge >= 0.3 is 0 Å². The van der Waals surface area contributed by atoms with Gasteiger partial charge in [0, 0.05) is 5.02 Å². The molecule has 0 aromatic heterocycles. The number of rotatable bonds is 7. The molecule has 0 heterocycles. The Balaban J connectivity index is 2.73. The van der Waals surface area contributed by atoms with Crippen LogP contribution in [-0.4, -0.2) is 19.7 Å². The lowest BCUT2D eigenvalue weighted by atomic mass is 10.1. The maximum atomic E-state index is 6.17. The molecule has 0 spiro atoms. The summed E-state index contributed by atoms with van der Waals surface area (Å²) in [6, 6.07) is 4.05. The van der Waals surface area contributed by atoms with E-state index >= 15 is 0 Å². The molecule has 102 valence electrons. The van der Waals surface area contributed by atoms with Crippen LogP contribution in [0.2, 0.25) is 5.02 Å². The highest BCUT2D eigenvalue weighted by Crippen LogP contribution is 2.27. The Labute approximate surface area is 116 Å². The smallest absolute Gasteiger partial charge is 0.120 e. The number of nitrogens with one attached hydrogen (secondary N) is 1. The first kappa shape index (κ1) is 15.3. The second-order valence-electron chi connectivity index (χ2n) is 4.79. The largest absolute Gasteiger partial charge is 0.490 e. The molecule has 0 fully saturated rings. The predicted molar refractivity (Wildman–Crippen MR) is 78.8 cm³/mol. The molecule has 0 aliphatic heterocycles. The Morgan fingerprint density at radius 1 is 1.22 bits per heavy atom. The van der Waals surface area contributed by atoms with Gasteiger partial charge in [-0.2, -0.15) is 0 Å². The molecule has 18 heavy (non-hydrogen) atoms. The average molecular weight is 270 g/mol. The number of hydrogen-bond acceptors (Lipinski definition) is 2. The standard InChI is InChI=1S/C15H24ClNO/c1-5-6-13(7-8-17-4)18-14-9-11(2)15(16)12(3)10-14/h9-10,13,17H,5-8H2,1-4H3/t13-/m1/s1. The molecule has 0 aliphatic carbocycles. The summed E-state index contributed by atoms with van der Waals surface area (Å²) in [5.41, 5.74) is 2.16. The number of benzene rings is 1. The monoisotopic (exact) mass is 269 g/mol. The average Bonchev–Trinajstić information content (AvgIpc) is 2.33. The fourth-order valence-corrected chi connectivity index (χ4v) is 2.17. The van der Waals surface area contributed by atoms with E-state index in [1.54, 1.807) is 0 Å². The van der Waals surface area contributed by atoms with E-state index in [0.717, 1.165) is 47.7 Å². The molecule has 0 saturated carbocycles. The number of halogens is 1. The van der Waals surface area contributed by atoms with Gasteiger partial charge in [-0.05, 0) is 63.5 Å². The van der Waals surface area contributed by atoms with Gasteiger partial charge in [-0.25, -0.2) is 0 Å². The number of ether oxygens (including phenoxy) is 1. The lowest BCUT2D eigenvalue weighted by Crippen LogP contribution is -2.22. The highest BCUT2D eigenvalue weighted by Gasteiger charge is 2.11. The third kappa shape index (κ3) is 4.51. The van der Waals surface area contributed by atoms with Crippen LogP contribution in [0.3, 0.4) is 0 Å². The highest BCUT2D eigenvalue weighted by molar-refractivity contribution is 6.32. The van der Waals surface area contributed by atoms with Gasteiger partial charge < -0.3 is 10.1 Å². The number of hydrogen-bond donors (Lipinski definition) is 1. The Hall–Kier alpha value is -0.730. The SMILES string of the molecule is CCC[C@H](CCNC)Oc1cc(C)c(Cl)c(C)c1. The van der Waals surface area contributed by atoms with Crippen LogP contribution in [0.5, 0.6) is 5.75 Å². The summed E-state index contributed by atoms with van der Waals surface area (Å²) in [6.45, 7) is 7.21. The van der Waals surface area contributed by atoms with E-state index in [1.807, 2.05) is 33.0 Å². The van der Waals surface area contributed by atoms with Crippen molar-refractivity contribution in [2.45, 2.75) is 46.1 Å². The fourth-order valence-electron chi connectivity index (χ4n) is 2.06. The zero-order valence-corrected chi connectivity index (χ0v) is 12.6. The molecule has 0 bridgehead atoms. The molecule has 0 saturated heterocycles. The molecule has 0 aliphatic rings. The van der Waals surface area contributed by atoms with Gasteiger partial charge in [0.2, 0.25) is 0 Å². The second-order valence-corrected chi connectivity index (χ2v) is 5.17. The summed E-state index contributed by atoms with van der Waals surface area (Å²) in [6.07, 6.45) is 3.54. The number of aryl methyl sites for hydroxylation is 2. The lowest BCUT2D eigenvalue weighted by molar-refractivity contribution is 0.180. The van der Waals surface area contributed by atoms with Crippen molar-refractivity contribution in [1.82, 2.24) is 5.32 Å². The van der Waals surface area contributed by atoms with Gasteiger partial charge in [0.05, 0.1) is 6.10 Å². The summed E-state index contributed by atoms with van der Waals surface area (Å²) in [4.78, 5) is 0. The molecule has 1 N–H and O–H groups in total. The molecule has 3 heteroatoms. The van der Waals surface area contributed by atoms with Crippen molar-refractivity contribution in [2.24, 2.45) is 0 Å². The Bertz CT molecular complexity index is 356. The zero-order valence-electron chi connectivity index (χ0n) is 11.8. The molecular formula is C15H24ClNO. The maximum absolute atomic E-state index is 6.17. The summed E-state index contributed by atoms with van der Waals surface area (Å²) in [5.74, 6) is 0.934. The van der Waals surface area contributed by atoms with Crippen LogP contribution >= 0.6 is 11.6 Å². The van der Waals surface area contributed by atoms with Crippen molar-refractivity contribution in [3.8, 4) is 5.75 Å². The van der Waals surface area contributed by atoms with Crippen LogP contribution in [0.15, 0.2) is 12.1 Å². The van der Waals surface area contributed by atoms with Crippen molar-refractivity contribution in [1.29, 1.82) is 0 Å². The summed E-state index contributed by atoms with van der Waals surface area (Å²) in [5, 5.41) is 4.01. The van der Waals surface area contributed by atoms with Gasteiger partial charge in [-0.1, -0.05) is 24.9 Å². The first-order valence-electron chi connectivity index (χ1n) is 6.66. The minimum absolute atomic E-state index is 0.280. The molecular weight excluding hydrogens is 246 g/mol. The fraction of sp³-hybridized carbons (Fsp3) is 0.600. The van der Waals surface area contributed by atoms with Gasteiger partial charge in [0.25, 0.3) is 0 Å². The molecule has 1 aromatic carbocycles. The molecule has 2 nitrogen and oxygen atoms in total. The molecule has 0 radical (unpaired) electrons. The van der Waals surface area contributed by atoms with Crippen LogP contribution < -0.4 is 10.1 Å². The van der Waals surface area contributed by atoms with Crippen molar-refractivity contribution in [3.05, 3.63) is 28.3 Å². The van der Waals surface area contributed by atoms with Gasteiger partial charge in [0.1, 0.15) is 5.75 Å². The second kappa shape index (κ2) is 7.65. The highest BCUT2D eigenvalue weighted by atomic mass is 35.5. The van der Waals surface area contributed by atoms with Crippen LogP contribution in [0.1, 0.15) is 37.3 Å². The van der Waals surface area contributed by atoms with Gasteiger partial charge in [-0.15, -0.1) is 0 Å². The van der Waals surface area contributed by atoms with Crippen LogP contribution in [-0.2, 0) is 0 Å². The zero-order chi connectivity index (χ0) is 13.5. The van der Waals surface area contributed by atoms with Gasteiger partial charge in [0.15, 0.2) is 0 Å². The van der Waals surface area contributed by atoms with E-state index in [-0.39, 0.29) is 6.10 Å². The van der Waals surface area contributed by atoms with E-state index in [2.05, 4.69) is 12.2 Å². The summed E-state index contributed by atoms with van der Waals surface area (Å²) < 4.78 is 6.07. The first-order chi connectivity index (χ1) is 8.58. The third-order valence-electron chi connectivity index (χ3n) is 3.04. The van der Waals surface area contributed by atoms with Crippen molar-refractivity contribution >= 4 is 11.6 Å². The Morgan fingerprint density at radius 3 is 2.33 bits per heavy atom. The minimum atomic E-state index is 0.280. The maximum Gasteiger partial charge on any atom is 0.120 e. The third-order valence-corrected chi connectivity index (χ3v) is 3.64. The van der Waals surface area contributed by atoms with E-state index < -0.39 is 0 Å². The van der Waals surface area contributed by atoms with Gasteiger partial charge in [-0.3, -0.25) is 0 Å². The molecule has 1 atom stereocenters. The van der Waals surface area contributed by atoms with Crippen LogP contribution in [0.25, 0.3) is 0 Å². The Kier molecular flexibility index (Phi) is 6.51.